The second kappa shape index (κ2) is 9.71. The van der Waals surface area contributed by atoms with Crippen LogP contribution in [0.1, 0.15) is 18.1 Å². The van der Waals surface area contributed by atoms with Crippen molar-refractivity contribution in [3.8, 4) is 17.1 Å². The number of hydrogen-bond donors (Lipinski definition) is 1. The summed E-state index contributed by atoms with van der Waals surface area (Å²) in [5.41, 5.74) is 4.31. The van der Waals surface area contributed by atoms with E-state index < -0.39 is 0 Å². The third kappa shape index (κ3) is 5.46. The lowest BCUT2D eigenvalue weighted by atomic mass is 10.1. The molecule has 1 heterocycles. The molecule has 1 unspecified atom stereocenters. The number of ether oxygens (including phenoxy) is 1. The first-order valence-electron chi connectivity index (χ1n) is 9.48. The normalized spacial score (nSPS) is 12.0. The van der Waals surface area contributed by atoms with Gasteiger partial charge in [-0.3, -0.25) is 9.36 Å². The number of carbonyl (C=O) groups is 1. The monoisotopic (exact) mass is 410 g/mol. The molecule has 0 aliphatic heterocycles. The second-order valence-corrected chi connectivity index (χ2v) is 8.00. The maximum absolute atomic E-state index is 12.3. The lowest BCUT2D eigenvalue weighted by Gasteiger charge is -2.13. The molecule has 2 aromatic carbocycles. The van der Waals surface area contributed by atoms with Crippen LogP contribution in [-0.2, 0) is 9.53 Å². The van der Waals surface area contributed by atoms with Gasteiger partial charge in [-0.05, 0) is 32.9 Å². The molecule has 1 aromatic heterocycles. The van der Waals surface area contributed by atoms with Gasteiger partial charge in [0.25, 0.3) is 0 Å². The maximum Gasteiger partial charge on any atom is 0.230 e. The van der Waals surface area contributed by atoms with Crippen molar-refractivity contribution in [1.29, 1.82) is 0 Å². The highest BCUT2D eigenvalue weighted by atomic mass is 32.2. The van der Waals surface area contributed by atoms with Gasteiger partial charge in [-0.1, -0.05) is 59.3 Å². The lowest BCUT2D eigenvalue weighted by molar-refractivity contribution is -0.119. The Bertz CT molecular complexity index is 952. The van der Waals surface area contributed by atoms with Crippen LogP contribution < -0.4 is 5.32 Å². The minimum Gasteiger partial charge on any atom is -0.383 e. The molecule has 29 heavy (non-hydrogen) atoms. The Morgan fingerprint density at radius 2 is 1.69 bits per heavy atom. The van der Waals surface area contributed by atoms with Gasteiger partial charge in [0.1, 0.15) is 0 Å². The maximum atomic E-state index is 12.3. The Balaban J connectivity index is 1.88. The molecule has 1 atom stereocenters. The highest BCUT2D eigenvalue weighted by Gasteiger charge is 2.17. The Morgan fingerprint density at radius 3 is 2.31 bits per heavy atom. The molecule has 152 valence electrons. The number of aromatic nitrogens is 3. The van der Waals surface area contributed by atoms with E-state index in [1.54, 1.807) is 7.11 Å². The molecule has 7 heteroatoms. The summed E-state index contributed by atoms with van der Waals surface area (Å²) < 4.78 is 7.07. The summed E-state index contributed by atoms with van der Waals surface area (Å²) in [7, 11) is 1.62. The number of methoxy groups -OCH3 is 1. The van der Waals surface area contributed by atoms with E-state index in [0.717, 1.165) is 17.1 Å². The van der Waals surface area contributed by atoms with Crippen LogP contribution in [-0.4, -0.2) is 46.2 Å². The van der Waals surface area contributed by atoms with E-state index in [9.17, 15) is 4.79 Å². The number of carbonyl (C=O) groups excluding carboxylic acids is 1. The molecule has 3 rings (SSSR count). The van der Waals surface area contributed by atoms with Gasteiger partial charge < -0.3 is 10.1 Å². The van der Waals surface area contributed by atoms with Crippen molar-refractivity contribution < 1.29 is 9.53 Å². The standard InChI is InChI=1S/C22H26N4O2S/c1-15-5-9-18(10-6-15)21-24-25-22(26(21)19-11-7-16(2)8-12-19)29-14-20(27)23-17(3)13-28-4/h5-12,17H,13-14H2,1-4H3,(H,23,27). The van der Waals surface area contributed by atoms with Gasteiger partial charge in [0.15, 0.2) is 11.0 Å². The number of aryl methyl sites for hydroxylation is 2. The van der Waals surface area contributed by atoms with Crippen molar-refractivity contribution in [2.45, 2.75) is 32.0 Å². The van der Waals surface area contributed by atoms with Gasteiger partial charge in [-0.25, -0.2) is 0 Å². The molecule has 0 bridgehead atoms. The minimum atomic E-state index is -0.0603. The number of benzene rings is 2. The van der Waals surface area contributed by atoms with E-state index in [-0.39, 0.29) is 17.7 Å². The summed E-state index contributed by atoms with van der Waals surface area (Å²) in [4.78, 5) is 12.3. The predicted octanol–water partition coefficient (Wildman–Crippen LogP) is 3.79. The number of nitrogens with zero attached hydrogens (tertiary/aromatic N) is 3. The molecular weight excluding hydrogens is 384 g/mol. The van der Waals surface area contributed by atoms with E-state index in [2.05, 4.69) is 53.6 Å². The van der Waals surface area contributed by atoms with Gasteiger partial charge in [0, 0.05) is 24.4 Å². The number of hydrogen-bond acceptors (Lipinski definition) is 5. The minimum absolute atomic E-state index is 0.0359. The molecule has 0 saturated carbocycles. The highest BCUT2D eigenvalue weighted by Crippen LogP contribution is 2.28. The van der Waals surface area contributed by atoms with E-state index in [0.29, 0.717) is 11.8 Å². The number of rotatable bonds is 8. The van der Waals surface area contributed by atoms with E-state index in [4.69, 9.17) is 4.74 Å². The first kappa shape index (κ1) is 21.1. The number of nitrogens with one attached hydrogen (secondary N) is 1. The van der Waals surface area contributed by atoms with E-state index in [1.165, 1.54) is 22.9 Å². The van der Waals surface area contributed by atoms with Crippen LogP contribution in [0.3, 0.4) is 0 Å². The summed E-state index contributed by atoms with van der Waals surface area (Å²) in [5.74, 6) is 0.950. The summed E-state index contributed by atoms with van der Waals surface area (Å²) in [6, 6.07) is 16.4. The lowest BCUT2D eigenvalue weighted by Crippen LogP contribution is -2.36. The molecule has 6 nitrogen and oxygen atoms in total. The molecule has 1 amide bonds. The summed E-state index contributed by atoms with van der Waals surface area (Å²) in [6.45, 7) is 6.50. The predicted molar refractivity (Wildman–Crippen MR) is 116 cm³/mol. The van der Waals surface area contributed by atoms with Gasteiger partial charge >= 0.3 is 0 Å². The smallest absolute Gasteiger partial charge is 0.230 e. The number of amides is 1. The zero-order chi connectivity index (χ0) is 20.8. The van der Waals surface area contributed by atoms with Crippen LogP contribution in [0.25, 0.3) is 17.1 Å². The van der Waals surface area contributed by atoms with Crippen molar-refractivity contribution in [3.05, 3.63) is 59.7 Å². The average Bonchev–Trinajstić information content (AvgIpc) is 3.11. The fourth-order valence-electron chi connectivity index (χ4n) is 2.92. The molecular formula is C22H26N4O2S. The summed E-state index contributed by atoms with van der Waals surface area (Å²) >= 11 is 1.37. The Hall–Kier alpha value is -2.64. The van der Waals surface area contributed by atoms with Gasteiger partial charge in [0.05, 0.1) is 12.4 Å². The van der Waals surface area contributed by atoms with Gasteiger partial charge in [-0.2, -0.15) is 0 Å². The zero-order valence-electron chi connectivity index (χ0n) is 17.2. The van der Waals surface area contributed by atoms with Crippen LogP contribution in [0.5, 0.6) is 0 Å². The molecule has 0 saturated heterocycles. The van der Waals surface area contributed by atoms with Crippen molar-refractivity contribution in [1.82, 2.24) is 20.1 Å². The first-order chi connectivity index (χ1) is 14.0. The topological polar surface area (TPSA) is 69.0 Å². The van der Waals surface area contributed by atoms with Crippen LogP contribution in [0.15, 0.2) is 53.7 Å². The van der Waals surface area contributed by atoms with Crippen LogP contribution in [0.2, 0.25) is 0 Å². The molecule has 0 fully saturated rings. The zero-order valence-corrected chi connectivity index (χ0v) is 18.0. The fourth-order valence-corrected chi connectivity index (χ4v) is 3.68. The molecule has 3 aromatic rings. The Kier molecular flexibility index (Phi) is 7.06. The second-order valence-electron chi connectivity index (χ2n) is 7.06. The van der Waals surface area contributed by atoms with Crippen molar-refractivity contribution >= 4 is 17.7 Å². The van der Waals surface area contributed by atoms with Gasteiger partial charge in [0.2, 0.25) is 5.91 Å². The van der Waals surface area contributed by atoms with Crippen LogP contribution in [0.4, 0.5) is 0 Å². The Morgan fingerprint density at radius 1 is 1.07 bits per heavy atom. The van der Waals surface area contributed by atoms with Crippen molar-refractivity contribution in [3.63, 3.8) is 0 Å². The largest absolute Gasteiger partial charge is 0.383 e. The van der Waals surface area contributed by atoms with Crippen LogP contribution >= 0.6 is 11.8 Å². The Labute approximate surface area is 175 Å². The molecule has 1 N–H and O–H groups in total. The van der Waals surface area contributed by atoms with Crippen LogP contribution in [0, 0.1) is 13.8 Å². The first-order valence-corrected chi connectivity index (χ1v) is 10.5. The fraction of sp³-hybridized carbons (Fsp3) is 0.318. The van der Waals surface area contributed by atoms with Crippen molar-refractivity contribution in [2.24, 2.45) is 0 Å². The molecule has 0 radical (unpaired) electrons. The average molecular weight is 411 g/mol. The third-order valence-electron chi connectivity index (χ3n) is 4.39. The highest BCUT2D eigenvalue weighted by molar-refractivity contribution is 7.99. The summed E-state index contributed by atoms with van der Waals surface area (Å²) in [5, 5.41) is 12.4. The van der Waals surface area contributed by atoms with Gasteiger partial charge in [-0.15, -0.1) is 10.2 Å². The third-order valence-corrected chi connectivity index (χ3v) is 5.32. The SMILES string of the molecule is COCC(C)NC(=O)CSc1nnc(-c2ccc(C)cc2)n1-c1ccc(C)cc1. The van der Waals surface area contributed by atoms with E-state index >= 15 is 0 Å². The summed E-state index contributed by atoms with van der Waals surface area (Å²) in [6.07, 6.45) is 0. The number of thioether (sulfide) groups is 1. The quantitative estimate of drug-likeness (QED) is 0.572. The molecule has 0 aliphatic carbocycles. The van der Waals surface area contributed by atoms with E-state index in [1.807, 2.05) is 35.8 Å². The van der Waals surface area contributed by atoms with Crippen molar-refractivity contribution in [2.75, 3.05) is 19.5 Å². The molecule has 0 aliphatic rings. The molecule has 0 spiro atoms.